The third-order valence-electron chi connectivity index (χ3n) is 3.45. The molecule has 0 saturated carbocycles. The van der Waals surface area contributed by atoms with E-state index in [1.807, 2.05) is 25.1 Å². The lowest BCUT2D eigenvalue weighted by Gasteiger charge is -2.14. The highest BCUT2D eigenvalue weighted by atomic mass is 16.5. The van der Waals surface area contributed by atoms with Crippen molar-refractivity contribution in [1.29, 1.82) is 0 Å². The number of hydrogen-bond donors (Lipinski definition) is 2. The average molecular weight is 326 g/mol. The zero-order valence-electron chi connectivity index (χ0n) is 14.1. The van der Waals surface area contributed by atoms with Crippen LogP contribution in [0.15, 0.2) is 47.6 Å². The first-order valence-electron chi connectivity index (χ1n) is 7.80. The summed E-state index contributed by atoms with van der Waals surface area (Å²) >= 11 is 0. The van der Waals surface area contributed by atoms with Gasteiger partial charge in [0.1, 0.15) is 11.5 Å². The highest BCUT2D eigenvalue weighted by molar-refractivity contribution is 5.83. The molecule has 126 valence electrons. The number of carbonyl (C=O) groups excluding carboxylic acids is 1. The topological polar surface area (TPSA) is 70.9 Å². The molecular formula is C19H22N2O3. The second-order valence-electron chi connectivity index (χ2n) is 5.87. The minimum absolute atomic E-state index is 0.101. The Labute approximate surface area is 142 Å². The summed E-state index contributed by atoms with van der Waals surface area (Å²) in [6, 6.07) is 12.5. The minimum Gasteiger partial charge on any atom is -0.508 e. The van der Waals surface area contributed by atoms with Crippen LogP contribution in [0.2, 0.25) is 0 Å². The number of benzene rings is 2. The summed E-state index contributed by atoms with van der Waals surface area (Å²) in [5, 5.41) is 13.1. The lowest BCUT2D eigenvalue weighted by Crippen LogP contribution is -2.25. The van der Waals surface area contributed by atoms with Crippen LogP contribution >= 0.6 is 0 Å². The fraction of sp³-hybridized carbons (Fsp3) is 0.263. The molecule has 0 aromatic heterocycles. The van der Waals surface area contributed by atoms with Gasteiger partial charge in [-0.1, -0.05) is 26.0 Å². The first-order valence-corrected chi connectivity index (χ1v) is 7.80. The van der Waals surface area contributed by atoms with Crippen molar-refractivity contribution in [3.8, 4) is 11.5 Å². The van der Waals surface area contributed by atoms with Crippen LogP contribution in [0.1, 0.15) is 36.5 Å². The van der Waals surface area contributed by atoms with E-state index in [4.69, 9.17) is 4.74 Å². The molecule has 2 aromatic rings. The normalized spacial score (nSPS) is 11.0. The van der Waals surface area contributed by atoms with Gasteiger partial charge in [-0.3, -0.25) is 4.79 Å². The standard InChI is InChI=1S/C19H22N2O3/c1-13(2)17-9-4-14(3)10-18(17)24-12-19(23)21-20-11-15-5-7-16(22)8-6-15/h4-11,13,22H,12H2,1-3H3,(H,21,23)/b20-11+. The molecule has 2 rings (SSSR count). The van der Waals surface area contributed by atoms with Crippen molar-refractivity contribution < 1.29 is 14.6 Å². The van der Waals surface area contributed by atoms with E-state index >= 15 is 0 Å². The molecule has 0 bridgehead atoms. The van der Waals surface area contributed by atoms with Crippen LogP contribution in [-0.4, -0.2) is 23.8 Å². The van der Waals surface area contributed by atoms with E-state index in [1.165, 1.54) is 6.21 Å². The van der Waals surface area contributed by atoms with Crippen molar-refractivity contribution in [1.82, 2.24) is 5.43 Å². The van der Waals surface area contributed by atoms with Gasteiger partial charge in [0.2, 0.25) is 0 Å². The molecule has 0 spiro atoms. The van der Waals surface area contributed by atoms with Gasteiger partial charge in [-0.2, -0.15) is 5.10 Å². The molecule has 0 unspecified atom stereocenters. The molecule has 1 amide bonds. The van der Waals surface area contributed by atoms with E-state index in [1.54, 1.807) is 24.3 Å². The summed E-state index contributed by atoms with van der Waals surface area (Å²) in [5.41, 5.74) is 5.35. The molecule has 0 atom stereocenters. The molecule has 0 saturated heterocycles. The number of rotatable bonds is 6. The van der Waals surface area contributed by atoms with Crippen molar-refractivity contribution in [3.63, 3.8) is 0 Å². The molecule has 24 heavy (non-hydrogen) atoms. The molecule has 0 aliphatic carbocycles. The summed E-state index contributed by atoms with van der Waals surface area (Å²) in [6.07, 6.45) is 1.50. The van der Waals surface area contributed by atoms with Gasteiger partial charge < -0.3 is 9.84 Å². The largest absolute Gasteiger partial charge is 0.508 e. The SMILES string of the molecule is Cc1ccc(C(C)C)c(OCC(=O)N/N=C/c2ccc(O)cc2)c1. The Morgan fingerprint density at radius 2 is 1.96 bits per heavy atom. The molecule has 0 aliphatic heterocycles. The van der Waals surface area contributed by atoms with Gasteiger partial charge in [0.25, 0.3) is 5.91 Å². The summed E-state index contributed by atoms with van der Waals surface area (Å²) in [5.74, 6) is 0.892. The number of amides is 1. The van der Waals surface area contributed by atoms with E-state index < -0.39 is 0 Å². The van der Waals surface area contributed by atoms with Crippen LogP contribution in [0, 0.1) is 6.92 Å². The maximum Gasteiger partial charge on any atom is 0.277 e. The maximum absolute atomic E-state index is 11.8. The van der Waals surface area contributed by atoms with Crippen LogP contribution in [0.3, 0.4) is 0 Å². The zero-order valence-corrected chi connectivity index (χ0v) is 14.1. The van der Waals surface area contributed by atoms with Crippen LogP contribution in [-0.2, 0) is 4.79 Å². The van der Waals surface area contributed by atoms with Gasteiger partial charge in [-0.25, -0.2) is 5.43 Å². The number of ether oxygens (including phenoxy) is 1. The Hall–Kier alpha value is -2.82. The van der Waals surface area contributed by atoms with Gasteiger partial charge in [0.05, 0.1) is 6.21 Å². The average Bonchev–Trinajstić information content (AvgIpc) is 2.54. The Kier molecular flexibility index (Phi) is 5.95. The second-order valence-corrected chi connectivity index (χ2v) is 5.87. The van der Waals surface area contributed by atoms with Crippen molar-refractivity contribution in [2.45, 2.75) is 26.7 Å². The van der Waals surface area contributed by atoms with Gasteiger partial charge in [-0.05, 0) is 59.9 Å². The van der Waals surface area contributed by atoms with E-state index in [-0.39, 0.29) is 18.3 Å². The van der Waals surface area contributed by atoms with Gasteiger partial charge in [-0.15, -0.1) is 0 Å². The third kappa shape index (κ3) is 5.12. The fourth-order valence-corrected chi connectivity index (χ4v) is 2.16. The van der Waals surface area contributed by atoms with Crippen LogP contribution < -0.4 is 10.2 Å². The quantitative estimate of drug-likeness (QED) is 0.632. The monoisotopic (exact) mass is 326 g/mol. The van der Waals surface area contributed by atoms with Crippen LogP contribution in [0.25, 0.3) is 0 Å². The molecular weight excluding hydrogens is 304 g/mol. The zero-order chi connectivity index (χ0) is 17.5. The summed E-state index contributed by atoms with van der Waals surface area (Å²) in [4.78, 5) is 11.8. The highest BCUT2D eigenvalue weighted by Crippen LogP contribution is 2.27. The number of phenols is 1. The first-order chi connectivity index (χ1) is 11.5. The molecule has 0 heterocycles. The Morgan fingerprint density at radius 1 is 1.25 bits per heavy atom. The molecule has 0 radical (unpaired) electrons. The van der Waals surface area contributed by atoms with Crippen LogP contribution in [0.4, 0.5) is 0 Å². The third-order valence-corrected chi connectivity index (χ3v) is 3.45. The van der Waals surface area contributed by atoms with Gasteiger partial charge in [0, 0.05) is 0 Å². The molecule has 2 aromatic carbocycles. The molecule has 2 N–H and O–H groups in total. The van der Waals surface area contributed by atoms with E-state index in [2.05, 4.69) is 24.4 Å². The van der Waals surface area contributed by atoms with E-state index in [9.17, 15) is 9.90 Å². The number of nitrogens with zero attached hydrogens (tertiary/aromatic N) is 1. The lowest BCUT2D eigenvalue weighted by molar-refractivity contribution is -0.123. The van der Waals surface area contributed by atoms with E-state index in [0.29, 0.717) is 5.92 Å². The summed E-state index contributed by atoms with van der Waals surface area (Å²) < 4.78 is 5.64. The maximum atomic E-state index is 11.8. The van der Waals surface area contributed by atoms with Gasteiger partial charge in [0.15, 0.2) is 6.61 Å². The predicted molar refractivity (Wildman–Crippen MR) is 94.6 cm³/mol. The number of hydrogen-bond acceptors (Lipinski definition) is 4. The predicted octanol–water partition coefficient (Wildman–Crippen LogP) is 3.35. The second kappa shape index (κ2) is 8.15. The van der Waals surface area contributed by atoms with Crippen molar-refractivity contribution in [3.05, 3.63) is 59.2 Å². The first kappa shape index (κ1) is 17.5. The van der Waals surface area contributed by atoms with E-state index in [0.717, 1.165) is 22.4 Å². The van der Waals surface area contributed by atoms with Crippen LogP contribution in [0.5, 0.6) is 11.5 Å². The number of nitrogens with one attached hydrogen (secondary N) is 1. The van der Waals surface area contributed by atoms with Crippen molar-refractivity contribution in [2.24, 2.45) is 5.10 Å². The summed E-state index contributed by atoms with van der Waals surface area (Å²) in [7, 11) is 0. The highest BCUT2D eigenvalue weighted by Gasteiger charge is 2.09. The lowest BCUT2D eigenvalue weighted by atomic mass is 10.0. The number of aromatic hydroxyl groups is 1. The smallest absolute Gasteiger partial charge is 0.277 e. The number of hydrazone groups is 1. The fourth-order valence-electron chi connectivity index (χ4n) is 2.16. The molecule has 5 heteroatoms. The Bertz CT molecular complexity index is 722. The molecule has 5 nitrogen and oxygen atoms in total. The summed E-state index contributed by atoms with van der Waals surface area (Å²) in [6.45, 7) is 6.05. The number of phenolic OH excluding ortho intramolecular Hbond substituents is 1. The van der Waals surface area contributed by atoms with Gasteiger partial charge >= 0.3 is 0 Å². The Balaban J connectivity index is 1.89. The number of aryl methyl sites for hydroxylation is 1. The Morgan fingerprint density at radius 3 is 2.62 bits per heavy atom. The molecule has 0 fully saturated rings. The number of carbonyl (C=O) groups is 1. The van der Waals surface area contributed by atoms with Crippen molar-refractivity contribution >= 4 is 12.1 Å². The minimum atomic E-state index is -0.332. The van der Waals surface area contributed by atoms with Crippen molar-refractivity contribution in [2.75, 3.05) is 6.61 Å². The molecule has 0 aliphatic rings.